The van der Waals surface area contributed by atoms with Crippen LogP contribution in [0.15, 0.2) is 48.6 Å². The second-order valence-corrected chi connectivity index (χ2v) is 16.9. The van der Waals surface area contributed by atoms with Gasteiger partial charge in [0.2, 0.25) is 0 Å². The van der Waals surface area contributed by atoms with Crippen molar-refractivity contribution in [3.63, 3.8) is 0 Å². The van der Waals surface area contributed by atoms with E-state index in [4.69, 9.17) is 18.5 Å². The van der Waals surface area contributed by atoms with E-state index in [-0.39, 0.29) is 31.8 Å². The summed E-state index contributed by atoms with van der Waals surface area (Å²) in [5.74, 6) is -0.793. The monoisotopic (exact) mass is 797 g/mol. The fraction of sp³-hybridized carbons (Fsp3) is 0.750. The molecule has 0 spiro atoms. The quantitative estimate of drug-likeness (QED) is 0.0124. The molecule has 0 saturated heterocycles. The molecule has 2 atom stereocenters. The van der Waals surface area contributed by atoms with Crippen molar-refractivity contribution in [2.75, 3.05) is 47.5 Å². The lowest BCUT2D eigenvalue weighted by Gasteiger charge is -2.24. The molecule has 0 aliphatic rings. The average Bonchev–Trinajstić information content (AvgIpc) is 3.12. The first kappa shape index (κ1) is 52.6. The van der Waals surface area contributed by atoms with Crippen molar-refractivity contribution in [2.24, 2.45) is 0 Å². The van der Waals surface area contributed by atoms with Crippen LogP contribution in [0.2, 0.25) is 0 Å². The number of ether oxygens (including phenoxy) is 2. The number of quaternary nitrogens is 1. The molecule has 11 heteroatoms. The molecule has 0 bridgehead atoms. The van der Waals surface area contributed by atoms with E-state index < -0.39 is 32.5 Å². The smallest absolute Gasteiger partial charge is 0.462 e. The minimum atomic E-state index is -4.41. The van der Waals surface area contributed by atoms with Gasteiger partial charge in [0.15, 0.2) is 11.9 Å². The largest absolute Gasteiger partial charge is 0.472 e. The van der Waals surface area contributed by atoms with Crippen LogP contribution < -0.4 is 0 Å². The van der Waals surface area contributed by atoms with Gasteiger partial charge in [0.25, 0.3) is 0 Å². The Morgan fingerprint density at radius 3 is 1.75 bits per heavy atom. The second-order valence-electron chi connectivity index (χ2n) is 15.4. The minimum Gasteiger partial charge on any atom is -0.462 e. The fourth-order valence-corrected chi connectivity index (χ4v) is 6.12. The predicted octanol–water partition coefficient (Wildman–Crippen LogP) is 11.1. The third-order valence-corrected chi connectivity index (χ3v) is 9.79. The van der Waals surface area contributed by atoms with Crippen molar-refractivity contribution in [1.29, 1.82) is 0 Å². The lowest BCUT2D eigenvalue weighted by molar-refractivity contribution is -0.870. The van der Waals surface area contributed by atoms with Crippen molar-refractivity contribution in [1.82, 2.24) is 0 Å². The molecule has 1 unspecified atom stereocenters. The first-order chi connectivity index (χ1) is 26.4. The molecular weight excluding hydrogens is 717 g/mol. The molecule has 0 aromatic carbocycles. The Balaban J connectivity index is 4.50. The third-order valence-electron chi connectivity index (χ3n) is 8.81. The number of likely N-dealkylation sites (N-methyl/N-ethyl adjacent to an activating group) is 1. The van der Waals surface area contributed by atoms with Crippen molar-refractivity contribution in [3.8, 4) is 0 Å². The maximum absolute atomic E-state index is 12.7. The van der Waals surface area contributed by atoms with Crippen molar-refractivity contribution in [2.45, 2.75) is 168 Å². The van der Waals surface area contributed by atoms with Gasteiger partial charge in [-0.05, 0) is 70.3 Å². The van der Waals surface area contributed by atoms with E-state index in [1.54, 1.807) is 6.08 Å². The number of unbranched alkanes of at least 4 members (excludes halogenated alkanes) is 15. The molecule has 0 aromatic heterocycles. The van der Waals surface area contributed by atoms with Crippen LogP contribution in [0.25, 0.3) is 0 Å². The van der Waals surface area contributed by atoms with Crippen molar-refractivity contribution >= 4 is 25.5 Å². The standard InChI is InChI=1S/C44H78NO9P/c1-6-8-10-12-14-15-16-17-18-19-20-21-23-27-31-35-43(47)51-39-42(40-53-55(49,50)52-38-37-45(3,4)5)54-44(48)36-32-28-24-26-30-34-41(46)33-29-25-22-13-11-9-7-2/h14-15,17-18,22,25,29,33,42H,6-13,16,19-21,23-24,26-28,30-32,34-40H2,1-5H3/p+1/b15-14-,18-17-,25-22-,33-29+/t42-/m1/s1. The lowest BCUT2D eigenvalue weighted by Crippen LogP contribution is -2.37. The van der Waals surface area contributed by atoms with Gasteiger partial charge in [0.1, 0.15) is 19.8 Å². The Morgan fingerprint density at radius 2 is 1.15 bits per heavy atom. The summed E-state index contributed by atoms with van der Waals surface area (Å²) in [6, 6.07) is 0. The lowest BCUT2D eigenvalue weighted by atomic mass is 10.1. The Morgan fingerprint density at radius 1 is 0.618 bits per heavy atom. The highest BCUT2D eigenvalue weighted by atomic mass is 31.2. The molecule has 10 nitrogen and oxygen atoms in total. The summed E-state index contributed by atoms with van der Waals surface area (Å²) in [5.41, 5.74) is 0. The Kier molecular flexibility index (Phi) is 34.5. The van der Waals surface area contributed by atoms with Gasteiger partial charge in [0.05, 0.1) is 27.7 Å². The predicted molar refractivity (Wildman–Crippen MR) is 225 cm³/mol. The van der Waals surface area contributed by atoms with Gasteiger partial charge in [-0.1, -0.05) is 121 Å². The molecule has 0 radical (unpaired) electrons. The van der Waals surface area contributed by atoms with Crippen molar-refractivity contribution in [3.05, 3.63) is 48.6 Å². The molecule has 0 amide bonds. The number of carbonyl (C=O) groups excluding carboxylic acids is 3. The molecule has 0 aliphatic heterocycles. The second kappa shape index (κ2) is 36.0. The Bertz CT molecular complexity index is 1140. The van der Waals surface area contributed by atoms with E-state index in [9.17, 15) is 23.8 Å². The number of ketones is 1. The van der Waals surface area contributed by atoms with Crippen LogP contribution in [0.3, 0.4) is 0 Å². The van der Waals surface area contributed by atoms with E-state index in [2.05, 4.69) is 44.2 Å². The SMILES string of the molecule is CCCCC/C=C\C=C\C(=O)CCCCCCCC(=O)O[C@H](COC(=O)CCCCCCC/C=C\C/C=C\CCCCC)COP(=O)(O)OCC[N+](C)(C)C. The summed E-state index contributed by atoms with van der Waals surface area (Å²) in [6.07, 6.45) is 36.9. The van der Waals surface area contributed by atoms with Crippen LogP contribution in [0.4, 0.5) is 0 Å². The molecule has 0 aliphatic carbocycles. The van der Waals surface area contributed by atoms with Gasteiger partial charge in [0, 0.05) is 19.3 Å². The molecule has 0 heterocycles. The van der Waals surface area contributed by atoms with Crippen molar-refractivity contribution < 1.29 is 46.8 Å². The van der Waals surface area contributed by atoms with E-state index in [0.29, 0.717) is 30.3 Å². The zero-order valence-corrected chi connectivity index (χ0v) is 36.3. The molecule has 0 saturated carbocycles. The number of hydrogen-bond acceptors (Lipinski definition) is 8. The summed E-state index contributed by atoms with van der Waals surface area (Å²) < 4.78 is 34.1. The van der Waals surface area contributed by atoms with Crippen LogP contribution >= 0.6 is 7.82 Å². The summed E-state index contributed by atoms with van der Waals surface area (Å²) in [4.78, 5) is 47.4. The number of esters is 2. The molecule has 318 valence electrons. The topological polar surface area (TPSA) is 125 Å². The van der Waals surface area contributed by atoms with Gasteiger partial charge in [-0.2, -0.15) is 0 Å². The van der Waals surface area contributed by atoms with Crippen LogP contribution in [0.1, 0.15) is 162 Å². The highest BCUT2D eigenvalue weighted by Gasteiger charge is 2.27. The molecule has 0 aromatic rings. The number of phosphoric acid groups is 1. The van der Waals surface area contributed by atoms with Crippen LogP contribution in [0.5, 0.6) is 0 Å². The minimum absolute atomic E-state index is 0.00562. The molecule has 0 fully saturated rings. The molecule has 55 heavy (non-hydrogen) atoms. The van der Waals surface area contributed by atoms with Gasteiger partial charge in [-0.25, -0.2) is 4.57 Å². The number of phosphoric ester groups is 1. The number of rotatable bonds is 38. The maximum Gasteiger partial charge on any atom is 0.472 e. The maximum atomic E-state index is 12.7. The summed E-state index contributed by atoms with van der Waals surface area (Å²) in [7, 11) is 1.39. The van der Waals surface area contributed by atoms with Gasteiger partial charge in [-0.3, -0.25) is 23.4 Å². The first-order valence-corrected chi connectivity index (χ1v) is 22.8. The highest BCUT2D eigenvalue weighted by Crippen LogP contribution is 2.43. The number of carbonyl (C=O) groups is 3. The fourth-order valence-electron chi connectivity index (χ4n) is 5.38. The van der Waals surface area contributed by atoms with E-state index >= 15 is 0 Å². The van der Waals surface area contributed by atoms with Crippen LogP contribution in [-0.4, -0.2) is 80.7 Å². The normalized spacial score (nSPS) is 14.0. The number of nitrogens with zero attached hydrogens (tertiary/aromatic N) is 1. The molecule has 1 N–H and O–H groups in total. The summed E-state index contributed by atoms with van der Waals surface area (Å²) >= 11 is 0. The van der Waals surface area contributed by atoms with E-state index in [0.717, 1.165) is 70.6 Å². The average molecular weight is 797 g/mol. The Hall–Kier alpha value is -2.36. The number of hydrogen-bond donors (Lipinski definition) is 1. The van der Waals surface area contributed by atoms with Crippen LogP contribution in [0, 0.1) is 0 Å². The van der Waals surface area contributed by atoms with Crippen LogP contribution in [-0.2, 0) is 37.5 Å². The summed E-state index contributed by atoms with van der Waals surface area (Å²) in [6.45, 7) is 4.17. The van der Waals surface area contributed by atoms with Gasteiger partial charge < -0.3 is 18.9 Å². The third kappa shape index (κ3) is 39.7. The zero-order chi connectivity index (χ0) is 40.9. The van der Waals surface area contributed by atoms with E-state index in [1.165, 1.54) is 44.9 Å². The summed E-state index contributed by atoms with van der Waals surface area (Å²) in [5, 5.41) is 0. The van der Waals surface area contributed by atoms with E-state index in [1.807, 2.05) is 33.3 Å². The number of allylic oxidation sites excluding steroid dienone is 8. The zero-order valence-electron chi connectivity index (χ0n) is 35.4. The highest BCUT2D eigenvalue weighted by molar-refractivity contribution is 7.47. The Labute approximate surface area is 335 Å². The molecule has 0 rings (SSSR count). The van der Waals surface area contributed by atoms with Gasteiger partial charge in [-0.15, -0.1) is 0 Å². The molecular formula is C44H79NO9P+. The van der Waals surface area contributed by atoms with Gasteiger partial charge >= 0.3 is 19.8 Å². The first-order valence-electron chi connectivity index (χ1n) is 21.3.